The number of likely N-dealkylation sites (N-methyl/N-ethyl adjacent to an activating group) is 1. The van der Waals surface area contributed by atoms with Gasteiger partial charge in [-0.1, -0.05) is 27.2 Å². The Kier molecular flexibility index (Phi) is 6.80. The van der Waals surface area contributed by atoms with Crippen molar-refractivity contribution in [2.75, 3.05) is 31.5 Å². The number of anilines is 1. The minimum Gasteiger partial charge on any atom is -0.356 e. The van der Waals surface area contributed by atoms with Crippen molar-refractivity contribution in [3.05, 3.63) is 11.9 Å². The zero-order valence-corrected chi connectivity index (χ0v) is 12.4. The van der Waals surface area contributed by atoms with Crippen molar-refractivity contribution in [2.24, 2.45) is 0 Å². The molecule has 0 amide bonds. The van der Waals surface area contributed by atoms with Gasteiger partial charge in [-0.3, -0.25) is 0 Å². The highest BCUT2D eigenvalue weighted by atomic mass is 15.2. The lowest BCUT2D eigenvalue weighted by Gasteiger charge is -2.19. The molecule has 0 saturated carbocycles. The van der Waals surface area contributed by atoms with E-state index in [-0.39, 0.29) is 0 Å². The van der Waals surface area contributed by atoms with Gasteiger partial charge in [0.15, 0.2) is 0 Å². The van der Waals surface area contributed by atoms with Crippen LogP contribution in [0, 0.1) is 6.92 Å². The van der Waals surface area contributed by atoms with Gasteiger partial charge < -0.3 is 14.8 Å². The zero-order valence-electron chi connectivity index (χ0n) is 12.4. The molecule has 0 aliphatic carbocycles. The Morgan fingerprint density at radius 1 is 1.28 bits per heavy atom. The summed E-state index contributed by atoms with van der Waals surface area (Å²) in [6.45, 7) is 14.0. The Labute approximate surface area is 111 Å². The fourth-order valence-electron chi connectivity index (χ4n) is 2.02. The highest BCUT2D eigenvalue weighted by Crippen LogP contribution is 2.09. The van der Waals surface area contributed by atoms with E-state index in [1.165, 1.54) is 12.8 Å². The van der Waals surface area contributed by atoms with E-state index in [1.807, 2.05) is 0 Å². The average molecular weight is 252 g/mol. The van der Waals surface area contributed by atoms with E-state index in [2.05, 4.69) is 53.7 Å². The third-order valence-corrected chi connectivity index (χ3v) is 3.26. The summed E-state index contributed by atoms with van der Waals surface area (Å²) in [5, 5.41) is 3.43. The smallest absolute Gasteiger partial charge is 0.203 e. The molecule has 4 heteroatoms. The Morgan fingerprint density at radius 2 is 2.00 bits per heavy atom. The molecule has 0 saturated heterocycles. The quantitative estimate of drug-likeness (QED) is 0.686. The standard InChI is InChI=1S/C14H28N4/c1-5-8-9-15-14-16-13(4)12-18(14)11-10-17(6-2)7-3/h12H,5-11H2,1-4H3,(H,15,16). The van der Waals surface area contributed by atoms with Crippen molar-refractivity contribution in [1.29, 1.82) is 0 Å². The SMILES string of the molecule is CCCCNc1nc(C)cn1CCN(CC)CC. The van der Waals surface area contributed by atoms with Crippen LogP contribution in [0.3, 0.4) is 0 Å². The van der Waals surface area contributed by atoms with Crippen LogP contribution in [-0.4, -0.2) is 40.6 Å². The first kappa shape index (κ1) is 15.0. The van der Waals surface area contributed by atoms with E-state index >= 15 is 0 Å². The summed E-state index contributed by atoms with van der Waals surface area (Å²) < 4.78 is 2.24. The van der Waals surface area contributed by atoms with Gasteiger partial charge in [-0.05, 0) is 26.4 Å². The van der Waals surface area contributed by atoms with Gasteiger partial charge in [-0.25, -0.2) is 4.98 Å². The summed E-state index contributed by atoms with van der Waals surface area (Å²) in [6, 6.07) is 0. The molecule has 104 valence electrons. The van der Waals surface area contributed by atoms with Gasteiger partial charge in [0, 0.05) is 25.8 Å². The Balaban J connectivity index is 2.52. The largest absolute Gasteiger partial charge is 0.356 e. The Morgan fingerprint density at radius 3 is 2.61 bits per heavy atom. The molecule has 1 aromatic heterocycles. The molecular weight excluding hydrogens is 224 g/mol. The predicted molar refractivity (Wildman–Crippen MR) is 78.1 cm³/mol. The van der Waals surface area contributed by atoms with E-state index < -0.39 is 0 Å². The molecule has 0 aromatic carbocycles. The minimum atomic E-state index is 1.01. The van der Waals surface area contributed by atoms with Gasteiger partial charge in [-0.2, -0.15) is 0 Å². The predicted octanol–water partition coefficient (Wildman–Crippen LogP) is 2.75. The maximum atomic E-state index is 4.55. The highest BCUT2D eigenvalue weighted by Gasteiger charge is 2.06. The van der Waals surface area contributed by atoms with E-state index in [0.29, 0.717) is 0 Å². The van der Waals surface area contributed by atoms with Crippen molar-refractivity contribution < 1.29 is 0 Å². The van der Waals surface area contributed by atoms with Gasteiger partial charge in [-0.15, -0.1) is 0 Å². The second-order valence-electron chi connectivity index (χ2n) is 4.71. The number of hydrogen-bond acceptors (Lipinski definition) is 3. The molecule has 0 radical (unpaired) electrons. The van der Waals surface area contributed by atoms with Gasteiger partial charge >= 0.3 is 0 Å². The molecule has 0 aliphatic heterocycles. The van der Waals surface area contributed by atoms with Gasteiger partial charge in [0.1, 0.15) is 0 Å². The molecule has 18 heavy (non-hydrogen) atoms. The number of hydrogen-bond donors (Lipinski definition) is 1. The van der Waals surface area contributed by atoms with E-state index in [4.69, 9.17) is 0 Å². The minimum absolute atomic E-state index is 1.01. The summed E-state index contributed by atoms with van der Waals surface area (Å²) in [4.78, 5) is 6.98. The molecule has 0 aliphatic rings. The molecule has 0 atom stereocenters. The second kappa shape index (κ2) is 8.14. The maximum absolute atomic E-state index is 4.55. The molecule has 0 spiro atoms. The Bertz CT molecular complexity index is 329. The molecule has 4 nitrogen and oxygen atoms in total. The zero-order chi connectivity index (χ0) is 13.4. The third-order valence-electron chi connectivity index (χ3n) is 3.26. The fraction of sp³-hybridized carbons (Fsp3) is 0.786. The van der Waals surface area contributed by atoms with Crippen molar-refractivity contribution in [3.63, 3.8) is 0 Å². The number of aryl methyl sites for hydroxylation is 1. The molecule has 0 fully saturated rings. The number of imidazole rings is 1. The first-order chi connectivity index (χ1) is 8.71. The van der Waals surface area contributed by atoms with Gasteiger partial charge in [0.25, 0.3) is 0 Å². The number of rotatable bonds is 9. The number of nitrogens with one attached hydrogen (secondary N) is 1. The number of unbranched alkanes of at least 4 members (excludes halogenated alkanes) is 1. The Hall–Kier alpha value is -1.03. The molecule has 0 unspecified atom stereocenters. The summed E-state index contributed by atoms with van der Waals surface area (Å²) in [6.07, 6.45) is 4.55. The van der Waals surface area contributed by atoms with Crippen LogP contribution in [0.4, 0.5) is 5.95 Å². The van der Waals surface area contributed by atoms with Crippen molar-refractivity contribution in [2.45, 2.75) is 47.1 Å². The van der Waals surface area contributed by atoms with E-state index in [9.17, 15) is 0 Å². The summed E-state index contributed by atoms with van der Waals surface area (Å²) in [7, 11) is 0. The molecule has 1 heterocycles. The van der Waals surface area contributed by atoms with Crippen LogP contribution < -0.4 is 5.32 Å². The lowest BCUT2D eigenvalue weighted by atomic mass is 10.3. The third kappa shape index (κ3) is 4.69. The number of nitrogens with zero attached hydrogens (tertiary/aromatic N) is 3. The fourth-order valence-corrected chi connectivity index (χ4v) is 2.02. The summed E-state index contributed by atoms with van der Waals surface area (Å²) >= 11 is 0. The van der Waals surface area contributed by atoms with Crippen molar-refractivity contribution in [3.8, 4) is 0 Å². The van der Waals surface area contributed by atoms with E-state index in [1.54, 1.807) is 0 Å². The summed E-state index contributed by atoms with van der Waals surface area (Å²) in [5.74, 6) is 1.02. The van der Waals surface area contributed by atoms with Gasteiger partial charge in [0.05, 0.1) is 5.69 Å². The molecular formula is C14H28N4. The molecule has 1 rings (SSSR count). The monoisotopic (exact) mass is 252 g/mol. The normalized spacial score (nSPS) is 11.2. The lowest BCUT2D eigenvalue weighted by Crippen LogP contribution is -2.27. The van der Waals surface area contributed by atoms with Crippen molar-refractivity contribution >= 4 is 5.95 Å². The first-order valence-electron chi connectivity index (χ1n) is 7.21. The van der Waals surface area contributed by atoms with Crippen LogP contribution in [0.1, 0.15) is 39.3 Å². The van der Waals surface area contributed by atoms with Crippen LogP contribution in [0.25, 0.3) is 0 Å². The summed E-state index contributed by atoms with van der Waals surface area (Å²) in [5.41, 5.74) is 1.09. The molecule has 1 N–H and O–H groups in total. The highest BCUT2D eigenvalue weighted by molar-refractivity contribution is 5.28. The second-order valence-corrected chi connectivity index (χ2v) is 4.71. The van der Waals surface area contributed by atoms with Crippen LogP contribution in [0.2, 0.25) is 0 Å². The molecule has 1 aromatic rings. The van der Waals surface area contributed by atoms with Gasteiger partial charge in [0.2, 0.25) is 5.95 Å². The van der Waals surface area contributed by atoms with Crippen LogP contribution >= 0.6 is 0 Å². The first-order valence-corrected chi connectivity index (χ1v) is 7.21. The van der Waals surface area contributed by atoms with Crippen LogP contribution in [0.5, 0.6) is 0 Å². The molecule has 0 bridgehead atoms. The van der Waals surface area contributed by atoms with Crippen molar-refractivity contribution in [1.82, 2.24) is 14.5 Å². The topological polar surface area (TPSA) is 33.1 Å². The van der Waals surface area contributed by atoms with E-state index in [0.717, 1.165) is 44.4 Å². The lowest BCUT2D eigenvalue weighted by molar-refractivity contribution is 0.291. The van der Waals surface area contributed by atoms with Crippen LogP contribution in [0.15, 0.2) is 6.20 Å². The number of aromatic nitrogens is 2. The average Bonchev–Trinajstić information content (AvgIpc) is 2.71. The van der Waals surface area contributed by atoms with Crippen LogP contribution in [-0.2, 0) is 6.54 Å². The maximum Gasteiger partial charge on any atom is 0.203 e.